The Labute approximate surface area is 320 Å². The van der Waals surface area contributed by atoms with Crippen LogP contribution in [0.15, 0.2) is 67.1 Å². The summed E-state index contributed by atoms with van der Waals surface area (Å²) in [6.07, 6.45) is 18.3. The van der Waals surface area contributed by atoms with Gasteiger partial charge in [0.05, 0.1) is 4.88 Å². The lowest BCUT2D eigenvalue weighted by atomic mass is 9.70. The molecule has 8 nitrogen and oxygen atoms in total. The molecule has 2 N–H and O–H groups in total. The number of allylic oxidation sites excluding steroid dienone is 2. The van der Waals surface area contributed by atoms with Crippen molar-refractivity contribution >= 4 is 34.7 Å². The topological polar surface area (TPSA) is 110 Å². The Bertz CT molecular complexity index is 1770. The molecule has 1 aromatic carbocycles. The van der Waals surface area contributed by atoms with Crippen LogP contribution < -0.4 is 10.6 Å². The molecule has 2 unspecified atom stereocenters. The van der Waals surface area contributed by atoms with Gasteiger partial charge in [-0.3, -0.25) is 9.59 Å². The highest BCUT2D eigenvalue weighted by molar-refractivity contribution is 7.14. The molecule has 1 fully saturated rings. The average molecular weight is 739 g/mol. The van der Waals surface area contributed by atoms with Gasteiger partial charge in [-0.05, 0) is 99.3 Å². The van der Waals surface area contributed by atoms with Gasteiger partial charge in [-0.25, -0.2) is 14.8 Å². The highest BCUT2D eigenvalue weighted by atomic mass is 32.1. The van der Waals surface area contributed by atoms with Gasteiger partial charge in [-0.15, -0.1) is 11.3 Å². The van der Waals surface area contributed by atoms with Gasteiger partial charge in [-0.1, -0.05) is 90.3 Å². The zero-order chi connectivity index (χ0) is 38.3. The van der Waals surface area contributed by atoms with E-state index in [1.165, 1.54) is 61.9 Å². The number of esters is 1. The molecule has 0 spiro atoms. The minimum atomic E-state index is -0.984. The third-order valence-corrected chi connectivity index (χ3v) is 12.0. The van der Waals surface area contributed by atoms with Crippen molar-refractivity contribution in [2.24, 2.45) is 17.8 Å². The third-order valence-electron chi connectivity index (χ3n) is 10.5. The summed E-state index contributed by atoms with van der Waals surface area (Å²) < 4.78 is 5.36. The summed E-state index contributed by atoms with van der Waals surface area (Å²) in [5.41, 5.74) is 3.05. The van der Waals surface area contributed by atoms with E-state index in [0.29, 0.717) is 10.7 Å². The molecular formula is C44H58N4O4S. The van der Waals surface area contributed by atoms with Crippen LogP contribution in [0.2, 0.25) is 0 Å². The monoisotopic (exact) mass is 738 g/mol. The number of benzene rings is 1. The molecule has 2 atom stereocenters. The Morgan fingerprint density at radius 3 is 2.15 bits per heavy atom. The molecule has 2 amide bonds. The number of nitrogens with zero attached hydrogens (tertiary/aromatic N) is 2. The first-order chi connectivity index (χ1) is 25.1. The number of carbonyl (C=O) groups is 3. The molecule has 5 rings (SSSR count). The summed E-state index contributed by atoms with van der Waals surface area (Å²) in [5, 5.41) is 5.45. The maximum Gasteiger partial charge on any atom is 0.354 e. The van der Waals surface area contributed by atoms with Crippen LogP contribution in [-0.4, -0.2) is 39.4 Å². The van der Waals surface area contributed by atoms with Crippen molar-refractivity contribution in [3.63, 3.8) is 0 Å². The second-order valence-corrected chi connectivity index (χ2v) is 18.0. The van der Waals surface area contributed by atoms with Crippen molar-refractivity contribution in [2.75, 3.05) is 0 Å². The van der Waals surface area contributed by atoms with Crippen molar-refractivity contribution in [2.45, 2.75) is 130 Å². The van der Waals surface area contributed by atoms with Crippen molar-refractivity contribution in [3.05, 3.63) is 88.0 Å². The van der Waals surface area contributed by atoms with Gasteiger partial charge in [0.1, 0.15) is 17.3 Å². The predicted octanol–water partition coefficient (Wildman–Crippen LogP) is 9.61. The average Bonchev–Trinajstić information content (AvgIpc) is 3.64. The Hall–Kier alpha value is -4.11. The van der Waals surface area contributed by atoms with Crippen LogP contribution in [0.1, 0.15) is 132 Å². The Morgan fingerprint density at radius 2 is 1.58 bits per heavy atom. The van der Waals surface area contributed by atoms with Crippen molar-refractivity contribution in [3.8, 4) is 11.4 Å². The standard InChI is InChI=1S/C44H58N4O4S/c1-9-10-29-11-15-31(16-12-29)32-19-21-33(22-20-32)35-26-45-39(46-27-35)34-17-13-30(14-18-34)25-36(40(49)47-28(2)42(51)52-44(6,7)8)48-41(50)37-23-24-38(53-37)43(3,4)5/h13-14,17-18,21,23-24,26-27,29,31-32,36H,2,9-12,15-16,19-20,22,25H2,1,3-8H3,(H,47,49)(H,48,50). The number of ether oxygens (including phenoxy) is 1. The number of amides is 2. The van der Waals surface area contributed by atoms with E-state index >= 15 is 0 Å². The first-order valence-electron chi connectivity index (χ1n) is 19.3. The molecule has 53 heavy (non-hydrogen) atoms. The fourth-order valence-corrected chi connectivity index (χ4v) is 8.46. The lowest BCUT2D eigenvalue weighted by Gasteiger charge is -2.35. The molecule has 2 heterocycles. The molecule has 284 valence electrons. The van der Waals surface area contributed by atoms with Crippen LogP contribution in [0.4, 0.5) is 0 Å². The van der Waals surface area contributed by atoms with E-state index in [1.807, 2.05) is 42.7 Å². The van der Waals surface area contributed by atoms with Gasteiger partial charge < -0.3 is 15.4 Å². The lowest BCUT2D eigenvalue weighted by Crippen LogP contribution is -2.48. The van der Waals surface area contributed by atoms with Gasteiger partial charge in [0.25, 0.3) is 5.91 Å². The summed E-state index contributed by atoms with van der Waals surface area (Å²) in [6, 6.07) is 10.4. The molecule has 1 saturated carbocycles. The molecule has 2 aromatic heterocycles. The highest BCUT2D eigenvalue weighted by Crippen LogP contribution is 2.42. The van der Waals surface area contributed by atoms with Crippen molar-refractivity contribution in [1.82, 2.24) is 20.6 Å². The van der Waals surface area contributed by atoms with Gasteiger partial charge in [0.15, 0.2) is 5.82 Å². The van der Waals surface area contributed by atoms with E-state index in [2.05, 4.69) is 51.0 Å². The second kappa shape index (κ2) is 17.4. The number of aromatic nitrogens is 2. The Kier molecular flexibility index (Phi) is 13.1. The number of hydrogen-bond acceptors (Lipinski definition) is 7. The molecule has 3 aromatic rings. The largest absolute Gasteiger partial charge is 0.455 e. The lowest BCUT2D eigenvalue weighted by molar-refractivity contribution is -0.151. The van der Waals surface area contributed by atoms with E-state index < -0.39 is 23.5 Å². The fraction of sp³-hybridized carbons (Fsp3) is 0.523. The molecule has 0 saturated heterocycles. The third kappa shape index (κ3) is 11.2. The number of carbonyl (C=O) groups excluding carboxylic acids is 3. The van der Waals surface area contributed by atoms with Gasteiger partial charge >= 0.3 is 5.97 Å². The maximum atomic E-state index is 13.5. The highest BCUT2D eigenvalue weighted by Gasteiger charge is 2.30. The fourth-order valence-electron chi connectivity index (χ4n) is 7.50. The number of nitrogens with one attached hydrogen (secondary N) is 2. The summed E-state index contributed by atoms with van der Waals surface area (Å²) in [5.74, 6) is 1.60. The van der Waals surface area contributed by atoms with Crippen molar-refractivity contribution in [1.29, 1.82) is 0 Å². The van der Waals surface area contributed by atoms with E-state index in [0.717, 1.165) is 52.2 Å². The zero-order valence-electron chi connectivity index (χ0n) is 32.7. The Balaban J connectivity index is 1.23. The molecule has 0 bridgehead atoms. The summed E-state index contributed by atoms with van der Waals surface area (Å²) in [4.78, 5) is 50.5. The number of hydrogen-bond donors (Lipinski definition) is 2. The first-order valence-corrected chi connectivity index (χ1v) is 20.2. The van der Waals surface area contributed by atoms with Gasteiger partial charge in [0.2, 0.25) is 5.91 Å². The quantitative estimate of drug-likeness (QED) is 0.142. The van der Waals surface area contributed by atoms with E-state index in [9.17, 15) is 14.4 Å². The molecule has 2 aliphatic carbocycles. The SMILES string of the molecule is C=C(NC(=O)C(Cc1ccc(-c2ncc(C3=CCC(C4CCC(CCC)CC4)CC3)cn2)cc1)NC(=O)c1ccc(C(C)(C)C)s1)C(=O)OC(C)(C)C. The minimum Gasteiger partial charge on any atom is -0.455 e. The van der Waals surface area contributed by atoms with Crippen LogP contribution in [0, 0.1) is 17.8 Å². The minimum absolute atomic E-state index is 0.111. The first kappa shape index (κ1) is 40.1. The van der Waals surface area contributed by atoms with Crippen LogP contribution in [-0.2, 0) is 26.2 Å². The molecule has 2 aliphatic rings. The summed E-state index contributed by atoms with van der Waals surface area (Å²) in [7, 11) is 0. The zero-order valence-corrected chi connectivity index (χ0v) is 33.5. The maximum absolute atomic E-state index is 13.5. The van der Waals surface area contributed by atoms with Crippen LogP contribution in [0.25, 0.3) is 17.0 Å². The number of rotatable bonds is 12. The number of thiophene rings is 1. The second-order valence-electron chi connectivity index (χ2n) is 16.9. The molecule has 0 radical (unpaired) electrons. The molecular weight excluding hydrogens is 681 g/mol. The predicted molar refractivity (Wildman–Crippen MR) is 214 cm³/mol. The van der Waals surface area contributed by atoms with E-state index in [1.54, 1.807) is 26.8 Å². The van der Waals surface area contributed by atoms with Gasteiger partial charge in [-0.2, -0.15) is 0 Å². The van der Waals surface area contributed by atoms with Crippen LogP contribution in [0.5, 0.6) is 0 Å². The molecule has 9 heteroatoms. The van der Waals surface area contributed by atoms with Crippen LogP contribution >= 0.6 is 11.3 Å². The Morgan fingerprint density at radius 1 is 0.906 bits per heavy atom. The van der Waals surface area contributed by atoms with Crippen LogP contribution in [0.3, 0.4) is 0 Å². The summed E-state index contributed by atoms with van der Waals surface area (Å²) in [6.45, 7) is 17.5. The summed E-state index contributed by atoms with van der Waals surface area (Å²) >= 11 is 1.40. The smallest absolute Gasteiger partial charge is 0.354 e. The normalized spacial score (nSPS) is 19.8. The van der Waals surface area contributed by atoms with E-state index in [-0.39, 0.29) is 23.4 Å². The van der Waals surface area contributed by atoms with Gasteiger partial charge in [0, 0.05) is 34.8 Å². The van der Waals surface area contributed by atoms with E-state index in [4.69, 9.17) is 14.7 Å². The molecule has 0 aliphatic heterocycles. The van der Waals surface area contributed by atoms with Crippen molar-refractivity contribution < 1.29 is 19.1 Å².